The Hall–Kier alpha value is -2.77. The summed E-state index contributed by atoms with van der Waals surface area (Å²) in [5.41, 5.74) is -3.72. The molecule has 0 amide bonds. The van der Waals surface area contributed by atoms with Gasteiger partial charge in [0.1, 0.15) is 11.2 Å². The summed E-state index contributed by atoms with van der Waals surface area (Å²) in [4.78, 5) is 14.3. The molecule has 7 nitrogen and oxygen atoms in total. The fraction of sp³-hybridized carbons (Fsp3) is 0.333. The van der Waals surface area contributed by atoms with Crippen molar-refractivity contribution in [2.24, 2.45) is 7.05 Å². The van der Waals surface area contributed by atoms with Crippen LogP contribution in [-0.4, -0.2) is 38.7 Å². The number of imidazole rings is 1. The number of sulfone groups is 1. The van der Waals surface area contributed by atoms with Crippen molar-refractivity contribution in [2.45, 2.75) is 24.3 Å². The molecule has 0 unspecified atom stereocenters. The van der Waals surface area contributed by atoms with E-state index in [0.717, 1.165) is 4.57 Å². The predicted octanol–water partition coefficient (Wildman–Crippen LogP) is 3.26. The fourth-order valence-electron chi connectivity index (χ4n) is 2.47. The Morgan fingerprint density at radius 3 is 2.21 bits per heavy atom. The van der Waals surface area contributed by atoms with E-state index in [2.05, 4.69) is 19.9 Å². The number of pyridine rings is 1. The molecule has 29 heavy (non-hydrogen) atoms. The number of fused-ring (bicyclic) bond motifs is 1. The van der Waals surface area contributed by atoms with Crippen molar-refractivity contribution in [1.82, 2.24) is 24.5 Å². The summed E-state index contributed by atoms with van der Waals surface area (Å²) in [7, 11) is -2.86. The van der Waals surface area contributed by atoms with Crippen LogP contribution in [0.1, 0.15) is 18.2 Å². The van der Waals surface area contributed by atoms with Gasteiger partial charge < -0.3 is 4.57 Å². The SMILES string of the molecule is CCS(=O)(=O)c1ncc(C(F)(F)F)nc1-c1nc2cc(C(F)(F)F)cnc2n1C. The lowest BCUT2D eigenvalue weighted by molar-refractivity contribution is -0.141. The molecule has 0 spiro atoms. The molecule has 0 atom stereocenters. The Bertz CT molecular complexity index is 1200. The van der Waals surface area contributed by atoms with Gasteiger partial charge in [0, 0.05) is 13.2 Å². The first-order valence-electron chi connectivity index (χ1n) is 7.82. The maximum Gasteiger partial charge on any atom is 0.434 e. The van der Waals surface area contributed by atoms with Crippen LogP contribution in [0.4, 0.5) is 26.3 Å². The van der Waals surface area contributed by atoms with E-state index in [1.807, 2.05) is 0 Å². The normalized spacial score (nSPS) is 13.2. The maximum absolute atomic E-state index is 13.1. The first-order valence-corrected chi connectivity index (χ1v) is 9.48. The molecule has 3 rings (SSSR count). The summed E-state index contributed by atoms with van der Waals surface area (Å²) in [6.45, 7) is 1.25. The van der Waals surface area contributed by atoms with Crippen LogP contribution in [0.3, 0.4) is 0 Å². The summed E-state index contributed by atoms with van der Waals surface area (Å²) in [5.74, 6) is -0.905. The van der Waals surface area contributed by atoms with Gasteiger partial charge in [-0.3, -0.25) is 0 Å². The lowest BCUT2D eigenvalue weighted by Crippen LogP contribution is -2.16. The van der Waals surface area contributed by atoms with Crippen LogP contribution in [0.2, 0.25) is 0 Å². The number of aromatic nitrogens is 5. The average molecular weight is 439 g/mol. The van der Waals surface area contributed by atoms with Gasteiger partial charge >= 0.3 is 12.4 Å². The smallest absolute Gasteiger partial charge is 0.310 e. The van der Waals surface area contributed by atoms with Crippen LogP contribution in [-0.2, 0) is 29.2 Å². The van der Waals surface area contributed by atoms with E-state index in [1.165, 1.54) is 14.0 Å². The number of aryl methyl sites for hydroxylation is 1. The minimum atomic E-state index is -4.93. The summed E-state index contributed by atoms with van der Waals surface area (Å²) in [6, 6.07) is 0.654. The van der Waals surface area contributed by atoms with Gasteiger partial charge in [-0.2, -0.15) is 26.3 Å². The molecule has 0 fully saturated rings. The van der Waals surface area contributed by atoms with Crippen LogP contribution in [0, 0.1) is 0 Å². The molecule has 0 aliphatic carbocycles. The molecule has 0 saturated carbocycles. The quantitative estimate of drug-likeness (QED) is 0.582. The zero-order valence-electron chi connectivity index (χ0n) is 14.7. The Kier molecular flexibility index (Phi) is 4.80. The zero-order valence-corrected chi connectivity index (χ0v) is 15.5. The molecule has 0 saturated heterocycles. The summed E-state index contributed by atoms with van der Waals surface area (Å²) >= 11 is 0. The largest absolute Gasteiger partial charge is 0.434 e. The molecule has 3 aromatic rings. The van der Waals surface area contributed by atoms with Gasteiger partial charge in [0.05, 0.1) is 17.5 Å². The molecule has 0 N–H and O–H groups in total. The van der Waals surface area contributed by atoms with Crippen molar-refractivity contribution in [2.75, 3.05) is 5.75 Å². The van der Waals surface area contributed by atoms with Crippen LogP contribution in [0.5, 0.6) is 0 Å². The first kappa shape index (κ1) is 21.0. The highest BCUT2D eigenvalue weighted by Crippen LogP contribution is 2.34. The van der Waals surface area contributed by atoms with Crippen molar-refractivity contribution in [3.63, 3.8) is 0 Å². The van der Waals surface area contributed by atoms with Crippen molar-refractivity contribution in [3.8, 4) is 11.5 Å². The highest BCUT2D eigenvalue weighted by Gasteiger charge is 2.36. The molecular formula is C15H11F6N5O2S. The topological polar surface area (TPSA) is 90.6 Å². The van der Waals surface area contributed by atoms with Gasteiger partial charge in [0.2, 0.25) is 0 Å². The second-order valence-corrected chi connectivity index (χ2v) is 8.06. The molecule has 0 radical (unpaired) electrons. The van der Waals surface area contributed by atoms with Crippen molar-refractivity contribution < 1.29 is 34.8 Å². The lowest BCUT2D eigenvalue weighted by atomic mass is 10.2. The van der Waals surface area contributed by atoms with E-state index in [9.17, 15) is 34.8 Å². The van der Waals surface area contributed by atoms with Crippen molar-refractivity contribution in [1.29, 1.82) is 0 Å². The Balaban J connectivity index is 2.34. The van der Waals surface area contributed by atoms with Crippen LogP contribution < -0.4 is 0 Å². The van der Waals surface area contributed by atoms with Crippen LogP contribution >= 0.6 is 0 Å². The van der Waals surface area contributed by atoms with Gasteiger partial charge in [-0.1, -0.05) is 6.92 Å². The molecule has 0 aromatic carbocycles. The Morgan fingerprint density at radius 2 is 1.66 bits per heavy atom. The molecule has 156 valence electrons. The van der Waals surface area contributed by atoms with Gasteiger partial charge in [-0.05, 0) is 6.07 Å². The molecule has 3 heterocycles. The van der Waals surface area contributed by atoms with E-state index in [1.54, 1.807) is 0 Å². The highest BCUT2D eigenvalue weighted by molar-refractivity contribution is 7.91. The Labute approximate surface area is 159 Å². The lowest BCUT2D eigenvalue weighted by Gasteiger charge is -2.11. The van der Waals surface area contributed by atoms with E-state index >= 15 is 0 Å². The number of hydrogen-bond acceptors (Lipinski definition) is 6. The third kappa shape index (κ3) is 3.75. The number of hydrogen-bond donors (Lipinski definition) is 0. The molecular weight excluding hydrogens is 428 g/mol. The minimum absolute atomic E-state index is 0.105. The van der Waals surface area contributed by atoms with Crippen molar-refractivity contribution >= 4 is 21.0 Å². The summed E-state index contributed by atoms with van der Waals surface area (Å²) < 4.78 is 104. The maximum atomic E-state index is 13.1. The third-order valence-corrected chi connectivity index (χ3v) is 5.60. The van der Waals surface area contributed by atoms with Gasteiger partial charge in [-0.25, -0.2) is 28.4 Å². The molecule has 0 aliphatic heterocycles. The fourth-order valence-corrected chi connectivity index (χ4v) is 3.39. The van der Waals surface area contributed by atoms with Crippen LogP contribution in [0.15, 0.2) is 23.5 Å². The van der Waals surface area contributed by atoms with Gasteiger partial charge in [0.25, 0.3) is 0 Å². The molecule has 0 bridgehead atoms. The minimum Gasteiger partial charge on any atom is -0.310 e. The predicted molar refractivity (Wildman–Crippen MR) is 87.3 cm³/mol. The van der Waals surface area contributed by atoms with Gasteiger partial charge in [0.15, 0.2) is 32.0 Å². The molecule has 14 heteroatoms. The van der Waals surface area contributed by atoms with E-state index in [0.29, 0.717) is 12.3 Å². The highest BCUT2D eigenvalue weighted by atomic mass is 32.2. The first-order chi connectivity index (χ1) is 13.3. The number of halogens is 6. The van der Waals surface area contributed by atoms with Crippen molar-refractivity contribution in [3.05, 3.63) is 29.7 Å². The van der Waals surface area contributed by atoms with E-state index in [-0.39, 0.29) is 17.4 Å². The second kappa shape index (κ2) is 6.64. The van der Waals surface area contributed by atoms with Gasteiger partial charge in [-0.15, -0.1) is 0 Å². The number of nitrogens with zero attached hydrogens (tertiary/aromatic N) is 5. The van der Waals surface area contributed by atoms with E-state index in [4.69, 9.17) is 0 Å². The van der Waals surface area contributed by atoms with E-state index < -0.39 is 55.7 Å². The second-order valence-electron chi connectivity index (χ2n) is 5.87. The number of alkyl halides is 6. The average Bonchev–Trinajstić information content (AvgIpc) is 2.96. The third-order valence-electron chi connectivity index (χ3n) is 3.95. The molecule has 3 aromatic heterocycles. The Morgan fingerprint density at radius 1 is 1.00 bits per heavy atom. The standard InChI is InChI=1S/C15H11F6N5O2S/c1-3-29(27,28)13-10(25-9(6-23-13)15(19,20)21)12-24-8-4-7(14(16,17)18)5-22-11(8)26(12)2/h4-6H,3H2,1-2H3. The summed E-state index contributed by atoms with van der Waals surface area (Å²) in [5, 5.41) is -0.762. The molecule has 0 aliphatic rings. The zero-order chi connectivity index (χ0) is 21.8. The summed E-state index contributed by atoms with van der Waals surface area (Å²) in [6.07, 6.45) is -8.84. The monoisotopic (exact) mass is 439 g/mol. The van der Waals surface area contributed by atoms with Crippen LogP contribution in [0.25, 0.3) is 22.7 Å². The number of rotatable bonds is 3.